The zero-order valence-electron chi connectivity index (χ0n) is 11.7. The van der Waals surface area contributed by atoms with Gasteiger partial charge < -0.3 is 10.5 Å². The summed E-state index contributed by atoms with van der Waals surface area (Å²) >= 11 is 0. The van der Waals surface area contributed by atoms with E-state index >= 15 is 0 Å². The molecule has 1 rings (SSSR count). The second-order valence-electron chi connectivity index (χ2n) is 4.59. The van der Waals surface area contributed by atoms with Gasteiger partial charge in [-0.25, -0.2) is 17.5 Å². The molecule has 0 bridgehead atoms. The number of sulfonamides is 1. The van der Waals surface area contributed by atoms with Crippen molar-refractivity contribution < 1.29 is 27.5 Å². The van der Waals surface area contributed by atoms with Crippen LogP contribution in [0.15, 0.2) is 0 Å². The third kappa shape index (κ3) is 5.31. The predicted molar refractivity (Wildman–Crippen MR) is 72.4 cm³/mol. The quantitative estimate of drug-likeness (QED) is 0.610. The molecule has 0 saturated carbocycles. The van der Waals surface area contributed by atoms with E-state index in [9.17, 15) is 22.8 Å². The van der Waals surface area contributed by atoms with E-state index in [-0.39, 0.29) is 18.8 Å². The smallest absolute Gasteiger partial charge is 0.318 e. The van der Waals surface area contributed by atoms with Gasteiger partial charge in [0, 0.05) is 13.1 Å². The van der Waals surface area contributed by atoms with Crippen molar-refractivity contribution in [3.8, 4) is 0 Å². The highest BCUT2D eigenvalue weighted by molar-refractivity contribution is 7.89. The number of nitrogens with one attached hydrogen (secondary N) is 1. The van der Waals surface area contributed by atoms with E-state index in [1.54, 1.807) is 12.2 Å². The molecule has 0 spiro atoms. The number of hydrogen-bond acceptors (Lipinski definition) is 6. The lowest BCUT2D eigenvalue weighted by atomic mass is 9.98. The monoisotopic (exact) mass is 321 g/mol. The van der Waals surface area contributed by atoms with Crippen LogP contribution >= 0.6 is 0 Å². The van der Waals surface area contributed by atoms with Crippen LogP contribution in [0.1, 0.15) is 19.8 Å². The standard InChI is InChI=1S/C11H19N3O6S/c1-2-21(18,19)14-5-3-8(4-6-14)10(16)20-7-9(15)13-11(12)17/h8H,2-7H2,1H3,(H3,12,13,15,17). The molecule has 0 unspecified atom stereocenters. The first-order valence-corrected chi connectivity index (χ1v) is 8.11. The number of amides is 3. The Morgan fingerprint density at radius 1 is 1.29 bits per heavy atom. The van der Waals surface area contributed by atoms with Crippen molar-refractivity contribution in [2.75, 3.05) is 25.4 Å². The van der Waals surface area contributed by atoms with E-state index < -0.39 is 40.5 Å². The van der Waals surface area contributed by atoms with E-state index in [0.29, 0.717) is 12.8 Å². The molecule has 1 aliphatic heterocycles. The zero-order valence-corrected chi connectivity index (χ0v) is 12.5. The second kappa shape index (κ2) is 7.36. The number of hydrogen-bond donors (Lipinski definition) is 2. The first-order valence-electron chi connectivity index (χ1n) is 6.50. The van der Waals surface area contributed by atoms with E-state index in [1.807, 2.05) is 0 Å². The van der Waals surface area contributed by atoms with Gasteiger partial charge in [0.1, 0.15) is 0 Å². The largest absolute Gasteiger partial charge is 0.455 e. The summed E-state index contributed by atoms with van der Waals surface area (Å²) in [5, 5.41) is 1.77. The Kier molecular flexibility index (Phi) is 6.09. The Labute approximate surface area is 122 Å². The Morgan fingerprint density at radius 2 is 1.86 bits per heavy atom. The van der Waals surface area contributed by atoms with Gasteiger partial charge in [0.05, 0.1) is 11.7 Å². The Morgan fingerprint density at radius 3 is 2.33 bits per heavy atom. The van der Waals surface area contributed by atoms with Crippen LogP contribution in [0.2, 0.25) is 0 Å². The topological polar surface area (TPSA) is 136 Å². The molecule has 1 saturated heterocycles. The van der Waals surface area contributed by atoms with Gasteiger partial charge in [-0.3, -0.25) is 14.9 Å². The van der Waals surface area contributed by atoms with Crippen molar-refractivity contribution in [1.29, 1.82) is 0 Å². The van der Waals surface area contributed by atoms with Crippen LogP contribution in [0.5, 0.6) is 0 Å². The molecule has 0 atom stereocenters. The summed E-state index contributed by atoms with van der Waals surface area (Å²) in [7, 11) is -3.24. The maximum absolute atomic E-state index is 11.7. The number of piperidine rings is 1. The number of urea groups is 1. The molecule has 21 heavy (non-hydrogen) atoms. The molecule has 0 radical (unpaired) electrons. The highest BCUT2D eigenvalue weighted by atomic mass is 32.2. The summed E-state index contributed by atoms with van der Waals surface area (Å²) in [6, 6.07) is -1.02. The summed E-state index contributed by atoms with van der Waals surface area (Å²) in [5.41, 5.74) is 4.74. The van der Waals surface area contributed by atoms with E-state index in [1.165, 1.54) is 4.31 Å². The third-order valence-corrected chi connectivity index (χ3v) is 5.04. The van der Waals surface area contributed by atoms with E-state index in [4.69, 9.17) is 10.5 Å². The van der Waals surface area contributed by atoms with Crippen molar-refractivity contribution in [3.05, 3.63) is 0 Å². The first-order chi connectivity index (χ1) is 9.76. The number of primary amides is 1. The molecular weight excluding hydrogens is 302 g/mol. The summed E-state index contributed by atoms with van der Waals surface area (Å²) in [6.45, 7) is 1.48. The fourth-order valence-electron chi connectivity index (χ4n) is 1.98. The minimum Gasteiger partial charge on any atom is -0.455 e. The highest BCUT2D eigenvalue weighted by Crippen LogP contribution is 2.20. The molecule has 0 aromatic carbocycles. The van der Waals surface area contributed by atoms with Crippen LogP contribution in [0, 0.1) is 5.92 Å². The lowest BCUT2D eigenvalue weighted by Gasteiger charge is -2.29. The number of nitrogens with two attached hydrogens (primary N) is 1. The van der Waals surface area contributed by atoms with Gasteiger partial charge in [-0.15, -0.1) is 0 Å². The minimum absolute atomic E-state index is 0.0232. The van der Waals surface area contributed by atoms with E-state index in [0.717, 1.165) is 0 Å². The number of ether oxygens (including phenoxy) is 1. The Hall–Kier alpha value is -1.68. The van der Waals surface area contributed by atoms with Gasteiger partial charge >= 0.3 is 12.0 Å². The number of esters is 1. The van der Waals surface area contributed by atoms with Crippen LogP contribution in [0.4, 0.5) is 4.79 Å². The lowest BCUT2D eigenvalue weighted by molar-refractivity contribution is -0.153. The van der Waals surface area contributed by atoms with Crippen LogP contribution in [-0.2, 0) is 24.3 Å². The summed E-state index contributed by atoms with van der Waals surface area (Å²) in [6.07, 6.45) is 0.686. The number of carbonyl (C=O) groups excluding carboxylic acids is 3. The third-order valence-electron chi connectivity index (χ3n) is 3.15. The van der Waals surface area contributed by atoms with Crippen molar-refractivity contribution in [1.82, 2.24) is 9.62 Å². The van der Waals surface area contributed by atoms with Crippen molar-refractivity contribution >= 4 is 27.9 Å². The molecule has 0 aromatic rings. The molecule has 9 nitrogen and oxygen atoms in total. The lowest BCUT2D eigenvalue weighted by Crippen LogP contribution is -2.42. The fraction of sp³-hybridized carbons (Fsp3) is 0.727. The highest BCUT2D eigenvalue weighted by Gasteiger charge is 2.31. The van der Waals surface area contributed by atoms with Gasteiger partial charge in [-0.1, -0.05) is 0 Å². The van der Waals surface area contributed by atoms with E-state index in [2.05, 4.69) is 0 Å². The molecular formula is C11H19N3O6S. The number of rotatable bonds is 5. The molecule has 10 heteroatoms. The average Bonchev–Trinajstić information content (AvgIpc) is 2.44. The van der Waals surface area contributed by atoms with Crippen LogP contribution in [0.25, 0.3) is 0 Å². The molecule has 120 valence electrons. The van der Waals surface area contributed by atoms with Gasteiger partial charge in [-0.2, -0.15) is 0 Å². The van der Waals surface area contributed by atoms with Gasteiger partial charge in [0.15, 0.2) is 6.61 Å². The normalized spacial score (nSPS) is 17.2. The van der Waals surface area contributed by atoms with Crippen LogP contribution in [-0.4, -0.2) is 56.1 Å². The maximum Gasteiger partial charge on any atom is 0.318 e. The SMILES string of the molecule is CCS(=O)(=O)N1CCC(C(=O)OCC(=O)NC(N)=O)CC1. The molecule has 1 fully saturated rings. The maximum atomic E-state index is 11.7. The molecule has 1 aliphatic rings. The first kappa shape index (κ1) is 17.4. The van der Waals surface area contributed by atoms with Gasteiger partial charge in [0.2, 0.25) is 10.0 Å². The van der Waals surface area contributed by atoms with Crippen LogP contribution < -0.4 is 11.1 Å². The van der Waals surface area contributed by atoms with Gasteiger partial charge in [0.25, 0.3) is 5.91 Å². The minimum atomic E-state index is -3.24. The molecule has 0 aliphatic carbocycles. The van der Waals surface area contributed by atoms with Crippen molar-refractivity contribution in [2.45, 2.75) is 19.8 Å². The predicted octanol–water partition coefficient (Wildman–Crippen LogP) is -1.21. The second-order valence-corrected chi connectivity index (χ2v) is 6.85. The number of imide groups is 1. The summed E-state index contributed by atoms with van der Waals surface area (Å²) in [4.78, 5) is 33.2. The molecule has 3 N–H and O–H groups in total. The van der Waals surface area contributed by atoms with Crippen molar-refractivity contribution in [3.63, 3.8) is 0 Å². The van der Waals surface area contributed by atoms with Crippen molar-refractivity contribution in [2.24, 2.45) is 11.7 Å². The Bertz CT molecular complexity index is 510. The fourth-order valence-corrected chi connectivity index (χ4v) is 3.11. The average molecular weight is 321 g/mol. The summed E-state index contributed by atoms with van der Waals surface area (Å²) < 4.78 is 29.4. The molecule has 1 heterocycles. The van der Waals surface area contributed by atoms with Crippen LogP contribution in [0.3, 0.4) is 0 Å². The molecule has 0 aromatic heterocycles. The zero-order chi connectivity index (χ0) is 16.0. The Balaban J connectivity index is 2.39. The van der Waals surface area contributed by atoms with Gasteiger partial charge in [-0.05, 0) is 19.8 Å². The molecule has 3 amide bonds. The number of nitrogens with zero attached hydrogens (tertiary/aromatic N) is 1. The number of carbonyl (C=O) groups is 3. The summed E-state index contributed by atoms with van der Waals surface area (Å²) in [5.74, 6) is -1.81.